The van der Waals surface area contributed by atoms with Crippen LogP contribution in [0.25, 0.3) is 0 Å². The Hall–Kier alpha value is -5.63. The molecule has 0 unspecified atom stereocenters. The lowest BCUT2D eigenvalue weighted by Gasteiger charge is -2.44. The second-order valence-corrected chi connectivity index (χ2v) is 14.9. The Labute approximate surface area is 291 Å². The van der Waals surface area contributed by atoms with E-state index in [4.69, 9.17) is 10.6 Å². The van der Waals surface area contributed by atoms with Crippen molar-refractivity contribution in [1.29, 1.82) is 0 Å². The third-order valence-electron chi connectivity index (χ3n) is 6.95. The number of hydrogen-bond donors (Lipinski definition) is 8. The van der Waals surface area contributed by atoms with Crippen molar-refractivity contribution in [3.05, 3.63) is 69.1 Å². The first-order chi connectivity index (χ1) is 23.6. The maximum absolute atomic E-state index is 13.3. The van der Waals surface area contributed by atoms with Crippen LogP contribution in [0.15, 0.2) is 56.6 Å². The molecule has 3 aromatic rings. The van der Waals surface area contributed by atoms with Crippen molar-refractivity contribution in [2.45, 2.75) is 43.0 Å². The molecule has 51 heavy (non-hydrogen) atoms. The summed E-state index contributed by atoms with van der Waals surface area (Å²) in [6, 6.07) is 2.55. The standard InChI is InChI=1S/C26H28N8O14S3/c1-26(2,24(40)41)48-32-19(16-11-49-25(27)30-16)22(38)31-20-17(34(23(20)39)51(45,46)47)10-29-50(43,44)15-5-3-4-12(6-15)21(37)28-9-13-7-14(35)8-18(36)33(13)42/h3-8,11,17,20,29,35,42H,9-10H2,1-2H3,(H2,27,30)(H,28,37)(H,31,38)(H,40,41)(H,45,46,47)/t17-,20-/m0/s1. The zero-order valence-electron chi connectivity index (χ0n) is 26.1. The molecule has 2 aromatic heterocycles. The molecule has 25 heteroatoms. The Balaban J connectivity index is 1.52. The molecule has 2 atom stereocenters. The number of nitrogens with two attached hydrogens (primary N) is 1. The average Bonchev–Trinajstić information content (AvgIpc) is 3.47. The van der Waals surface area contributed by atoms with E-state index >= 15 is 0 Å². The van der Waals surface area contributed by atoms with Gasteiger partial charge in [0.05, 0.1) is 23.2 Å². The second kappa shape index (κ2) is 14.3. The number of aliphatic carboxylic acids is 1. The molecule has 0 spiro atoms. The van der Waals surface area contributed by atoms with Gasteiger partial charge in [-0.1, -0.05) is 11.2 Å². The first-order valence-corrected chi connectivity index (χ1v) is 17.7. The minimum Gasteiger partial charge on any atom is -0.508 e. The molecule has 22 nitrogen and oxygen atoms in total. The number of anilines is 1. The number of rotatable bonds is 14. The van der Waals surface area contributed by atoms with Gasteiger partial charge in [0.2, 0.25) is 15.6 Å². The van der Waals surface area contributed by atoms with Gasteiger partial charge >= 0.3 is 16.3 Å². The summed E-state index contributed by atoms with van der Waals surface area (Å²) in [6.07, 6.45) is 0. The van der Waals surface area contributed by atoms with Gasteiger partial charge in [0.25, 0.3) is 23.3 Å². The minimum atomic E-state index is -5.29. The molecule has 4 rings (SSSR count). The van der Waals surface area contributed by atoms with Gasteiger partial charge in [-0.3, -0.25) is 23.7 Å². The van der Waals surface area contributed by atoms with Crippen LogP contribution < -0.4 is 26.6 Å². The van der Waals surface area contributed by atoms with E-state index in [-0.39, 0.29) is 31.1 Å². The molecular weight excluding hydrogens is 745 g/mol. The van der Waals surface area contributed by atoms with Crippen LogP contribution in [0.1, 0.15) is 35.6 Å². The van der Waals surface area contributed by atoms with Crippen LogP contribution in [0.2, 0.25) is 0 Å². The van der Waals surface area contributed by atoms with E-state index < -0.39 is 96.7 Å². The topological polar surface area (TPSA) is 339 Å². The number of nitrogen functional groups attached to an aromatic ring is 1. The predicted molar refractivity (Wildman–Crippen MR) is 172 cm³/mol. The van der Waals surface area contributed by atoms with Crippen LogP contribution in [0, 0.1) is 0 Å². The third-order valence-corrected chi connectivity index (χ3v) is 9.99. The van der Waals surface area contributed by atoms with Crippen LogP contribution in [0.3, 0.4) is 0 Å². The molecule has 1 aromatic carbocycles. The lowest BCUT2D eigenvalue weighted by molar-refractivity contribution is -0.161. The van der Waals surface area contributed by atoms with Gasteiger partial charge in [0.1, 0.15) is 17.5 Å². The number of carbonyl (C=O) groups excluding carboxylic acids is 3. The molecule has 1 aliphatic rings. The van der Waals surface area contributed by atoms with E-state index in [2.05, 4.69) is 20.8 Å². The largest absolute Gasteiger partial charge is 0.508 e. The summed E-state index contributed by atoms with van der Waals surface area (Å²) in [5.41, 5.74) is 1.36. The van der Waals surface area contributed by atoms with Gasteiger partial charge < -0.3 is 36.6 Å². The monoisotopic (exact) mass is 772 g/mol. The number of carbonyl (C=O) groups is 4. The zero-order chi connectivity index (χ0) is 38.1. The summed E-state index contributed by atoms with van der Waals surface area (Å²) in [7, 11) is -9.88. The van der Waals surface area contributed by atoms with Gasteiger partial charge in [-0.2, -0.15) is 13.1 Å². The van der Waals surface area contributed by atoms with Crippen molar-refractivity contribution in [1.82, 2.24) is 29.4 Å². The number of benzene rings is 1. The van der Waals surface area contributed by atoms with E-state index in [0.717, 1.165) is 49.4 Å². The SMILES string of the molecule is CC(C)(ON=C(C(=O)N[C@@H]1C(=O)N(S(=O)(=O)O)[C@H]1CNS(=O)(=O)c1cccc(C(=O)NCc2cc(O)cc(=O)n2O)c1)c1csc(N)n1)C(=O)O. The van der Waals surface area contributed by atoms with Crippen molar-refractivity contribution in [3.8, 4) is 5.75 Å². The molecule has 0 radical (unpaired) electrons. The summed E-state index contributed by atoms with van der Waals surface area (Å²) in [6.45, 7) is 0.841. The van der Waals surface area contributed by atoms with E-state index in [9.17, 15) is 60.8 Å². The number of nitrogens with one attached hydrogen (secondary N) is 3. The van der Waals surface area contributed by atoms with Crippen molar-refractivity contribution in [2.75, 3.05) is 12.3 Å². The molecular formula is C26H28N8O14S3. The number of carboxylic acid groups (broad SMARTS) is 1. The van der Waals surface area contributed by atoms with Gasteiger partial charge in [0.15, 0.2) is 10.8 Å². The molecule has 0 bridgehead atoms. The highest BCUT2D eigenvalue weighted by molar-refractivity contribution is 7.89. The number of aromatic nitrogens is 2. The van der Waals surface area contributed by atoms with Gasteiger partial charge in [-0.15, -0.1) is 11.3 Å². The maximum atomic E-state index is 13.3. The lowest BCUT2D eigenvalue weighted by Crippen LogP contribution is -2.74. The highest BCUT2D eigenvalue weighted by Gasteiger charge is 2.54. The van der Waals surface area contributed by atoms with Crippen molar-refractivity contribution >= 4 is 66.2 Å². The fraction of sp³-hybridized carbons (Fsp3) is 0.269. The van der Waals surface area contributed by atoms with Crippen molar-refractivity contribution < 1.29 is 60.8 Å². The number of hydrogen-bond acceptors (Lipinski definition) is 16. The zero-order valence-corrected chi connectivity index (χ0v) is 28.5. The fourth-order valence-corrected chi connectivity index (χ4v) is 6.78. The van der Waals surface area contributed by atoms with Gasteiger partial charge in [-0.25, -0.2) is 27.2 Å². The van der Waals surface area contributed by atoms with Gasteiger partial charge in [0, 0.05) is 29.6 Å². The van der Waals surface area contributed by atoms with Crippen LogP contribution in [-0.2, 0) is 46.1 Å². The number of β-lactam (4-membered cyclic amide) rings is 1. The summed E-state index contributed by atoms with van der Waals surface area (Å²) in [5, 5.41) is 37.9. The predicted octanol–water partition coefficient (Wildman–Crippen LogP) is -2.18. The molecule has 3 heterocycles. The summed E-state index contributed by atoms with van der Waals surface area (Å²) in [4.78, 5) is 70.2. The molecule has 1 aliphatic heterocycles. The maximum Gasteiger partial charge on any atom is 0.362 e. The second-order valence-electron chi connectivity index (χ2n) is 11.0. The average molecular weight is 773 g/mol. The quantitative estimate of drug-likeness (QED) is 0.0284. The molecule has 0 aliphatic carbocycles. The Morgan fingerprint density at radius 2 is 1.82 bits per heavy atom. The lowest BCUT2D eigenvalue weighted by atomic mass is 9.98. The summed E-state index contributed by atoms with van der Waals surface area (Å²) in [5.74, 6) is -5.44. The number of sulfonamides is 1. The molecule has 274 valence electrons. The molecule has 1 saturated heterocycles. The van der Waals surface area contributed by atoms with Crippen molar-refractivity contribution in [2.24, 2.45) is 5.16 Å². The summed E-state index contributed by atoms with van der Waals surface area (Å²) < 4.78 is 62.2. The Morgan fingerprint density at radius 1 is 1.14 bits per heavy atom. The Morgan fingerprint density at radius 3 is 2.43 bits per heavy atom. The first kappa shape index (κ1) is 38.2. The number of nitrogens with zero attached hydrogens (tertiary/aromatic N) is 4. The number of aromatic hydroxyl groups is 1. The third kappa shape index (κ3) is 8.58. The van der Waals surface area contributed by atoms with E-state index in [1.807, 2.05) is 4.72 Å². The number of amides is 3. The molecule has 3 amide bonds. The normalized spacial score (nSPS) is 16.6. The van der Waals surface area contributed by atoms with Crippen molar-refractivity contribution in [3.63, 3.8) is 0 Å². The smallest absolute Gasteiger partial charge is 0.362 e. The number of carboxylic acids is 1. The number of pyridine rings is 1. The highest BCUT2D eigenvalue weighted by Crippen LogP contribution is 2.25. The Bertz CT molecular complexity index is 2220. The molecule has 1 fully saturated rings. The minimum absolute atomic E-state index is 0.0401. The molecule has 9 N–H and O–H groups in total. The number of oxime groups is 1. The van der Waals surface area contributed by atoms with E-state index in [1.54, 1.807) is 0 Å². The van der Waals surface area contributed by atoms with Crippen LogP contribution in [0.5, 0.6) is 5.75 Å². The fourth-order valence-electron chi connectivity index (χ4n) is 4.26. The van der Waals surface area contributed by atoms with Crippen LogP contribution >= 0.6 is 11.3 Å². The number of thiazole rings is 1. The van der Waals surface area contributed by atoms with Gasteiger partial charge in [-0.05, 0) is 32.0 Å². The van der Waals surface area contributed by atoms with E-state index in [1.165, 1.54) is 17.5 Å². The molecule has 0 saturated carbocycles. The summed E-state index contributed by atoms with van der Waals surface area (Å²) >= 11 is 0.861. The van der Waals surface area contributed by atoms with Crippen LogP contribution in [-0.4, -0.2) is 104 Å². The highest BCUT2D eigenvalue weighted by atomic mass is 32.2. The van der Waals surface area contributed by atoms with Crippen LogP contribution in [0.4, 0.5) is 5.13 Å². The van der Waals surface area contributed by atoms with E-state index in [0.29, 0.717) is 0 Å². The Kier molecular flexibility index (Phi) is 10.7. The first-order valence-electron chi connectivity index (χ1n) is 14.0.